The van der Waals surface area contributed by atoms with Crippen LogP contribution in [-0.4, -0.2) is 142 Å². The van der Waals surface area contributed by atoms with Crippen LogP contribution < -0.4 is 40.5 Å². The van der Waals surface area contributed by atoms with Gasteiger partial charge in [-0.05, 0) is 107 Å². The van der Waals surface area contributed by atoms with Gasteiger partial charge in [0.25, 0.3) is 11.8 Å². The van der Waals surface area contributed by atoms with Gasteiger partial charge < -0.3 is 39.4 Å². The summed E-state index contributed by atoms with van der Waals surface area (Å²) < 4.78 is 27.3. The van der Waals surface area contributed by atoms with E-state index in [1.165, 1.54) is 6.20 Å². The third-order valence-corrected chi connectivity index (χ3v) is 17.5. The molecule has 3 aromatic heterocycles. The minimum atomic E-state index is -2.85. The number of nitrogens with one attached hydrogen (secondary N) is 3. The van der Waals surface area contributed by atoms with Gasteiger partial charge in [0.05, 0.1) is 65.6 Å². The third kappa shape index (κ3) is 9.52. The van der Waals surface area contributed by atoms with Crippen molar-refractivity contribution in [3.8, 4) is 22.6 Å². The maximum atomic E-state index is 13.8. The standard InChI is InChI=1S/C53H59ClN13O7P/c1-63-29-31(27-58-63)33-23-39(60-52-57-28-36(54)48(62-52)59-38-8-7-37-46(56-17-16-55-37)47(38)75(4,5)72)43(73-2)26-41(33)65-19-11-32(12-20-65)64-21-14-53(15-22-64)13-6-18-66(30-53)42-24-34-35(25-44(42)74-3)51(71)67(50(34)70)40-9-10-45(68)61-49(40)69/h7-8,16-17,23-29,32,40H,6,9-15,18-22,30H2,1-5H3,(H,61,68,69)(H2,57,59,60,62). The van der Waals surface area contributed by atoms with E-state index in [0.717, 1.165) is 105 Å². The molecule has 11 rings (SSSR count). The zero-order valence-electron chi connectivity index (χ0n) is 42.6. The molecular weight excluding hydrogens is 997 g/mol. The van der Waals surface area contributed by atoms with E-state index in [4.69, 9.17) is 26.1 Å². The molecule has 3 N–H and O–H groups in total. The summed E-state index contributed by atoms with van der Waals surface area (Å²) >= 11 is 6.69. The number of nitrogens with zero attached hydrogens (tertiary/aromatic N) is 10. The van der Waals surface area contributed by atoms with Crippen LogP contribution in [-0.2, 0) is 21.2 Å². The number of amides is 4. The molecule has 75 heavy (non-hydrogen) atoms. The van der Waals surface area contributed by atoms with Gasteiger partial charge in [-0.2, -0.15) is 10.1 Å². The van der Waals surface area contributed by atoms with Gasteiger partial charge in [0.15, 0.2) is 5.82 Å². The first kappa shape index (κ1) is 50.0. The first-order chi connectivity index (χ1) is 36.1. The fourth-order valence-corrected chi connectivity index (χ4v) is 13.4. The maximum Gasteiger partial charge on any atom is 0.262 e. The topological polar surface area (TPSA) is 222 Å². The average molecular weight is 1060 g/mol. The van der Waals surface area contributed by atoms with Crippen molar-refractivity contribution in [2.75, 3.05) is 87.3 Å². The summed E-state index contributed by atoms with van der Waals surface area (Å²) in [4.78, 5) is 78.6. The highest BCUT2D eigenvalue weighted by Gasteiger charge is 2.47. The average Bonchev–Trinajstić information content (AvgIpc) is 3.95. The first-order valence-corrected chi connectivity index (χ1v) is 28.3. The normalized spacial score (nSPS) is 19.4. The monoisotopic (exact) mass is 1060 g/mol. The minimum absolute atomic E-state index is 0.0611. The molecule has 6 aromatic rings. The Hall–Kier alpha value is -7.15. The highest BCUT2D eigenvalue weighted by atomic mass is 35.5. The van der Waals surface area contributed by atoms with E-state index in [1.54, 1.807) is 56.8 Å². The van der Waals surface area contributed by atoms with Crippen molar-refractivity contribution in [2.24, 2.45) is 12.5 Å². The van der Waals surface area contributed by atoms with Crippen LogP contribution >= 0.6 is 18.7 Å². The van der Waals surface area contributed by atoms with Gasteiger partial charge in [0.2, 0.25) is 17.8 Å². The number of hydrogen-bond donors (Lipinski definition) is 3. The van der Waals surface area contributed by atoms with Gasteiger partial charge in [-0.1, -0.05) is 11.6 Å². The maximum absolute atomic E-state index is 13.8. The van der Waals surface area contributed by atoms with Crippen molar-refractivity contribution in [3.05, 3.63) is 83.5 Å². The Labute approximate surface area is 438 Å². The third-order valence-electron chi connectivity index (χ3n) is 15.7. The largest absolute Gasteiger partial charge is 0.495 e. The number of carbonyl (C=O) groups excluding carboxylic acids is 4. The number of piperidine rings is 4. The number of benzene rings is 3. The summed E-state index contributed by atoms with van der Waals surface area (Å²) in [6.07, 6.45) is 14.9. The Bertz CT molecular complexity index is 3330. The predicted octanol–water partition coefficient (Wildman–Crippen LogP) is 6.98. The second-order valence-corrected chi connectivity index (χ2v) is 24.2. The molecule has 4 amide bonds. The molecule has 0 radical (unpaired) electrons. The first-order valence-electron chi connectivity index (χ1n) is 25.3. The SMILES string of the molecule is COc1cc(N2CCC(N3CCC4(CCCN(c5cc6c(cc5OC)C(=O)N(C5CCC(=O)NC5=O)C6=O)C4)CC3)CC2)c(-c2cnn(C)c2)cc1Nc1ncc(Cl)c(Nc2ccc3nccnc3c2P(C)(C)=O)n1. The molecule has 1 atom stereocenters. The summed E-state index contributed by atoms with van der Waals surface area (Å²) in [5.41, 5.74) is 6.69. The summed E-state index contributed by atoms with van der Waals surface area (Å²) in [5.74, 6) is -0.397. The van der Waals surface area contributed by atoms with E-state index < -0.39 is 36.8 Å². The van der Waals surface area contributed by atoms with Gasteiger partial charge in [0, 0.05) is 87.2 Å². The van der Waals surface area contributed by atoms with E-state index in [-0.39, 0.29) is 40.4 Å². The highest BCUT2D eigenvalue weighted by Crippen LogP contribution is 2.47. The lowest BCUT2D eigenvalue weighted by molar-refractivity contribution is -0.136. The molecule has 1 spiro atoms. The molecule has 8 heterocycles. The summed E-state index contributed by atoms with van der Waals surface area (Å²) in [5, 5.41) is 14.3. The molecular formula is C53H59ClN13O7P. The molecule has 3 aromatic carbocycles. The molecule has 5 aliphatic heterocycles. The van der Waals surface area contributed by atoms with Crippen molar-refractivity contribution in [3.63, 3.8) is 0 Å². The second-order valence-electron chi connectivity index (χ2n) is 20.6. The fourth-order valence-electron chi connectivity index (χ4n) is 11.9. The number of rotatable bonds is 12. The number of carbonyl (C=O) groups is 4. The highest BCUT2D eigenvalue weighted by molar-refractivity contribution is 7.71. The number of hydrogen-bond acceptors (Lipinski definition) is 17. The van der Waals surface area contributed by atoms with Crippen molar-refractivity contribution >= 4 is 93.2 Å². The lowest BCUT2D eigenvalue weighted by atomic mass is 9.72. The predicted molar refractivity (Wildman–Crippen MR) is 287 cm³/mol. The van der Waals surface area contributed by atoms with Crippen molar-refractivity contribution in [1.82, 2.24) is 44.8 Å². The van der Waals surface area contributed by atoms with Crippen molar-refractivity contribution in [1.29, 1.82) is 0 Å². The van der Waals surface area contributed by atoms with Gasteiger partial charge in [-0.3, -0.25) is 44.0 Å². The van der Waals surface area contributed by atoms with Crippen LogP contribution in [0.4, 0.5) is 34.5 Å². The Morgan fingerprint density at radius 3 is 2.24 bits per heavy atom. The molecule has 22 heteroatoms. The Morgan fingerprint density at radius 1 is 0.787 bits per heavy atom. The Balaban J connectivity index is 0.768. The van der Waals surface area contributed by atoms with Gasteiger partial charge in [-0.15, -0.1) is 0 Å². The molecule has 5 aliphatic rings. The van der Waals surface area contributed by atoms with Crippen LogP contribution in [0, 0.1) is 5.41 Å². The quantitative estimate of drug-likeness (QED) is 0.0831. The number of fused-ring (bicyclic) bond motifs is 2. The lowest BCUT2D eigenvalue weighted by Crippen LogP contribution is -2.54. The fraction of sp³-hybridized carbons (Fsp3) is 0.415. The Kier molecular flexibility index (Phi) is 13.2. The number of aromatic nitrogens is 6. The van der Waals surface area contributed by atoms with E-state index in [2.05, 4.69) is 62.8 Å². The van der Waals surface area contributed by atoms with Gasteiger partial charge in [-0.25, -0.2) is 4.98 Å². The van der Waals surface area contributed by atoms with Crippen LogP contribution in [0.25, 0.3) is 22.2 Å². The number of imide groups is 2. The molecule has 1 unspecified atom stereocenters. The lowest BCUT2D eigenvalue weighted by Gasteiger charge is -2.50. The van der Waals surface area contributed by atoms with E-state index in [1.807, 2.05) is 31.6 Å². The van der Waals surface area contributed by atoms with Gasteiger partial charge in [0.1, 0.15) is 35.2 Å². The number of likely N-dealkylation sites (tertiary alicyclic amines) is 1. The molecule has 4 saturated heterocycles. The molecule has 4 fully saturated rings. The van der Waals surface area contributed by atoms with Gasteiger partial charge >= 0.3 is 0 Å². The van der Waals surface area contributed by atoms with Crippen LogP contribution in [0.3, 0.4) is 0 Å². The zero-order chi connectivity index (χ0) is 52.3. The van der Waals surface area contributed by atoms with Crippen LogP contribution in [0.1, 0.15) is 72.1 Å². The summed E-state index contributed by atoms with van der Waals surface area (Å²) in [6.45, 7) is 8.68. The zero-order valence-corrected chi connectivity index (χ0v) is 44.2. The van der Waals surface area contributed by atoms with Crippen molar-refractivity contribution < 1.29 is 33.2 Å². The van der Waals surface area contributed by atoms with E-state index >= 15 is 0 Å². The Morgan fingerprint density at radius 2 is 1.53 bits per heavy atom. The molecule has 390 valence electrons. The number of ether oxygens (including phenoxy) is 2. The number of anilines is 6. The van der Waals surface area contributed by atoms with Crippen LogP contribution in [0.5, 0.6) is 11.5 Å². The minimum Gasteiger partial charge on any atom is -0.495 e. The number of methoxy groups -OCH3 is 2. The summed E-state index contributed by atoms with van der Waals surface area (Å²) in [6, 6.07) is 10.6. The van der Waals surface area contributed by atoms with E-state index in [9.17, 15) is 23.7 Å². The molecule has 0 saturated carbocycles. The second kappa shape index (κ2) is 19.8. The molecule has 0 bridgehead atoms. The number of aryl methyl sites for hydroxylation is 1. The molecule has 20 nitrogen and oxygen atoms in total. The summed E-state index contributed by atoms with van der Waals surface area (Å²) in [7, 11) is 2.27. The van der Waals surface area contributed by atoms with Crippen LogP contribution in [0.2, 0.25) is 5.02 Å². The molecule has 0 aliphatic carbocycles. The smallest absolute Gasteiger partial charge is 0.262 e. The number of halogens is 1. The van der Waals surface area contributed by atoms with Crippen molar-refractivity contribution in [2.45, 2.75) is 63.5 Å². The van der Waals surface area contributed by atoms with Crippen LogP contribution in [0.15, 0.2) is 67.4 Å². The van der Waals surface area contributed by atoms with E-state index in [0.29, 0.717) is 51.1 Å².